The third-order valence-corrected chi connectivity index (χ3v) is 10.4. The summed E-state index contributed by atoms with van der Waals surface area (Å²) in [5.74, 6) is 0. The lowest BCUT2D eigenvalue weighted by Crippen LogP contribution is -2.43. The maximum absolute atomic E-state index is 2.52. The van der Waals surface area contributed by atoms with Gasteiger partial charge in [-0.05, 0) is 114 Å². The van der Waals surface area contributed by atoms with Gasteiger partial charge >= 0.3 is 0 Å². The fourth-order valence-corrected chi connectivity index (χ4v) is 7.40. The summed E-state index contributed by atoms with van der Waals surface area (Å²) in [6.45, 7) is 9.70. The smallest absolute Gasteiger partial charge is 0.0467 e. The van der Waals surface area contributed by atoms with Crippen molar-refractivity contribution < 1.29 is 0 Å². The second kappa shape index (κ2) is 9.31. The molecule has 1 heteroatoms. The Bertz CT molecular complexity index is 2130. The third kappa shape index (κ3) is 3.71. The lowest BCUT2D eigenvalue weighted by atomic mass is 9.55. The van der Waals surface area contributed by atoms with E-state index >= 15 is 0 Å². The fraction of sp³-hybridized carbons (Fsp3) is 0.143. The van der Waals surface area contributed by atoms with Crippen LogP contribution in [0.25, 0.3) is 43.4 Å². The molecule has 0 fully saturated rings. The standard InChI is InChI=1S/C42H35N/c1-41(2)39-24-23-30(43(28-15-7-5-8-16-28)29-17-9-6-10-18-29)25-37(39)38-26-35-33-21-13-11-19-31(33)32-20-12-14-22-34(32)36(35)27-40(38)42(41,3)4/h5-27H,1-4H3. The second-order valence-electron chi connectivity index (χ2n) is 13.0. The maximum Gasteiger partial charge on any atom is 0.0467 e. The van der Waals surface area contributed by atoms with Crippen molar-refractivity contribution in [3.05, 3.63) is 151 Å². The molecular formula is C42H35N. The number of benzene rings is 7. The first-order chi connectivity index (χ1) is 20.9. The minimum Gasteiger partial charge on any atom is -0.310 e. The Morgan fingerprint density at radius 1 is 0.349 bits per heavy atom. The molecule has 1 aliphatic rings. The first-order valence-corrected chi connectivity index (χ1v) is 15.3. The zero-order chi connectivity index (χ0) is 29.3. The van der Waals surface area contributed by atoms with Crippen molar-refractivity contribution in [2.24, 2.45) is 0 Å². The van der Waals surface area contributed by atoms with Crippen LogP contribution in [0.3, 0.4) is 0 Å². The van der Waals surface area contributed by atoms with Crippen molar-refractivity contribution in [1.29, 1.82) is 0 Å². The molecular weight excluding hydrogens is 518 g/mol. The summed E-state index contributed by atoms with van der Waals surface area (Å²) in [5.41, 5.74) is 8.82. The van der Waals surface area contributed by atoms with Crippen molar-refractivity contribution in [3.63, 3.8) is 0 Å². The molecule has 0 amide bonds. The number of rotatable bonds is 3. The van der Waals surface area contributed by atoms with E-state index in [2.05, 4.69) is 172 Å². The molecule has 7 aromatic carbocycles. The van der Waals surface area contributed by atoms with E-state index < -0.39 is 0 Å². The number of nitrogens with zero attached hydrogens (tertiary/aromatic N) is 1. The Balaban J connectivity index is 1.46. The van der Waals surface area contributed by atoms with E-state index in [0.29, 0.717) is 0 Å². The monoisotopic (exact) mass is 553 g/mol. The minimum atomic E-state index is -0.0731. The predicted molar refractivity (Wildman–Crippen MR) is 185 cm³/mol. The Morgan fingerprint density at radius 3 is 1.30 bits per heavy atom. The van der Waals surface area contributed by atoms with Gasteiger partial charge in [0, 0.05) is 17.1 Å². The molecule has 0 unspecified atom stereocenters. The Kier molecular flexibility index (Phi) is 5.59. The molecule has 1 aliphatic carbocycles. The summed E-state index contributed by atoms with van der Waals surface area (Å²) >= 11 is 0. The van der Waals surface area contributed by atoms with Crippen LogP contribution in [-0.2, 0) is 10.8 Å². The quantitative estimate of drug-likeness (QED) is 0.197. The highest BCUT2D eigenvalue weighted by atomic mass is 15.1. The molecule has 1 nitrogen and oxygen atoms in total. The highest BCUT2D eigenvalue weighted by Crippen LogP contribution is 2.56. The van der Waals surface area contributed by atoms with Crippen molar-refractivity contribution in [1.82, 2.24) is 0 Å². The van der Waals surface area contributed by atoms with Crippen molar-refractivity contribution in [2.45, 2.75) is 38.5 Å². The molecule has 0 saturated heterocycles. The van der Waals surface area contributed by atoms with Crippen LogP contribution in [0.5, 0.6) is 0 Å². The van der Waals surface area contributed by atoms with Gasteiger partial charge < -0.3 is 4.90 Å². The number of para-hydroxylation sites is 2. The Labute approximate surface area is 254 Å². The zero-order valence-corrected chi connectivity index (χ0v) is 25.2. The van der Waals surface area contributed by atoms with Crippen LogP contribution in [0.2, 0.25) is 0 Å². The maximum atomic E-state index is 2.52. The molecule has 0 bridgehead atoms. The van der Waals surface area contributed by atoms with Crippen LogP contribution in [0.15, 0.2) is 140 Å². The molecule has 208 valence electrons. The third-order valence-electron chi connectivity index (χ3n) is 10.4. The van der Waals surface area contributed by atoms with E-state index in [4.69, 9.17) is 0 Å². The van der Waals surface area contributed by atoms with E-state index in [1.54, 1.807) is 0 Å². The van der Waals surface area contributed by atoms with Gasteiger partial charge in [-0.25, -0.2) is 0 Å². The van der Waals surface area contributed by atoms with Gasteiger partial charge in [0.2, 0.25) is 0 Å². The SMILES string of the molecule is CC1(C)c2ccc(N(c3ccccc3)c3ccccc3)cc2-c2cc3c4ccccc4c4ccccc4c3cc2C1(C)C. The van der Waals surface area contributed by atoms with Gasteiger partial charge in [-0.3, -0.25) is 0 Å². The summed E-state index contributed by atoms with van der Waals surface area (Å²) in [5, 5.41) is 7.94. The molecule has 43 heavy (non-hydrogen) atoms. The van der Waals surface area contributed by atoms with Crippen molar-refractivity contribution in [2.75, 3.05) is 4.90 Å². The van der Waals surface area contributed by atoms with E-state index in [0.717, 1.165) is 11.4 Å². The van der Waals surface area contributed by atoms with Crippen molar-refractivity contribution in [3.8, 4) is 11.1 Å². The van der Waals surface area contributed by atoms with Gasteiger partial charge in [0.05, 0.1) is 0 Å². The minimum absolute atomic E-state index is 0.0709. The van der Waals surface area contributed by atoms with E-state index in [-0.39, 0.29) is 10.8 Å². The molecule has 0 spiro atoms. The van der Waals surface area contributed by atoms with Crippen LogP contribution < -0.4 is 4.90 Å². The molecule has 7 aromatic rings. The van der Waals surface area contributed by atoms with E-state index in [1.807, 2.05) is 0 Å². The highest BCUT2D eigenvalue weighted by Gasteiger charge is 2.46. The Hall–Kier alpha value is -4.88. The average molecular weight is 554 g/mol. The summed E-state index contributed by atoms with van der Waals surface area (Å²) in [6, 6.07) is 51.3. The predicted octanol–water partition coefficient (Wildman–Crippen LogP) is 11.9. The molecule has 0 N–H and O–H groups in total. The zero-order valence-electron chi connectivity index (χ0n) is 25.2. The van der Waals surface area contributed by atoms with E-state index in [1.165, 1.54) is 60.3 Å². The normalized spacial score (nSPS) is 14.9. The van der Waals surface area contributed by atoms with Gasteiger partial charge in [-0.15, -0.1) is 0 Å². The van der Waals surface area contributed by atoms with Gasteiger partial charge in [0.25, 0.3) is 0 Å². The number of fused-ring (bicyclic) bond motifs is 9. The van der Waals surface area contributed by atoms with Crippen LogP contribution in [0, 0.1) is 0 Å². The van der Waals surface area contributed by atoms with Crippen LogP contribution in [0.4, 0.5) is 17.1 Å². The van der Waals surface area contributed by atoms with Gasteiger partial charge in [0.15, 0.2) is 0 Å². The lowest BCUT2D eigenvalue weighted by molar-refractivity contribution is 0.299. The molecule has 0 radical (unpaired) electrons. The highest BCUT2D eigenvalue weighted by molar-refractivity contribution is 6.26. The van der Waals surface area contributed by atoms with Gasteiger partial charge in [0.1, 0.15) is 0 Å². The summed E-state index contributed by atoms with van der Waals surface area (Å²) in [7, 11) is 0. The number of hydrogen-bond donors (Lipinski definition) is 0. The molecule has 0 heterocycles. The van der Waals surface area contributed by atoms with Crippen LogP contribution >= 0.6 is 0 Å². The first kappa shape index (κ1) is 25.8. The van der Waals surface area contributed by atoms with Crippen LogP contribution in [-0.4, -0.2) is 0 Å². The van der Waals surface area contributed by atoms with Crippen LogP contribution in [0.1, 0.15) is 38.8 Å². The lowest BCUT2D eigenvalue weighted by Gasteiger charge is -2.48. The number of anilines is 3. The van der Waals surface area contributed by atoms with Crippen molar-refractivity contribution >= 4 is 49.4 Å². The summed E-state index contributed by atoms with van der Waals surface area (Å²) in [4.78, 5) is 2.37. The first-order valence-electron chi connectivity index (χ1n) is 15.3. The average Bonchev–Trinajstić information content (AvgIpc) is 3.05. The molecule has 0 atom stereocenters. The topological polar surface area (TPSA) is 3.24 Å². The largest absolute Gasteiger partial charge is 0.310 e. The molecule has 8 rings (SSSR count). The van der Waals surface area contributed by atoms with Gasteiger partial charge in [-0.2, -0.15) is 0 Å². The molecule has 0 aliphatic heterocycles. The number of hydrogen-bond acceptors (Lipinski definition) is 1. The second-order valence-corrected chi connectivity index (χ2v) is 13.0. The Morgan fingerprint density at radius 2 is 0.767 bits per heavy atom. The van der Waals surface area contributed by atoms with E-state index in [9.17, 15) is 0 Å². The molecule has 0 saturated carbocycles. The summed E-state index contributed by atoms with van der Waals surface area (Å²) in [6.07, 6.45) is 0. The summed E-state index contributed by atoms with van der Waals surface area (Å²) < 4.78 is 0. The fourth-order valence-electron chi connectivity index (χ4n) is 7.40. The van der Waals surface area contributed by atoms with Gasteiger partial charge in [-0.1, -0.05) is 119 Å². The molecule has 0 aromatic heterocycles.